The first-order chi connectivity index (χ1) is 18.1. The molecule has 0 saturated carbocycles. The van der Waals surface area contributed by atoms with Gasteiger partial charge in [0.1, 0.15) is 12.4 Å². The van der Waals surface area contributed by atoms with Crippen LogP contribution in [-0.2, 0) is 6.42 Å². The Morgan fingerprint density at radius 1 is 0.838 bits per heavy atom. The molecule has 4 aromatic carbocycles. The molecule has 1 heterocycles. The molecule has 37 heavy (non-hydrogen) atoms. The van der Waals surface area contributed by atoms with Gasteiger partial charge in [0, 0.05) is 28.5 Å². The van der Waals surface area contributed by atoms with E-state index in [9.17, 15) is 9.59 Å². The molecule has 5 aromatic rings. The number of para-hydroxylation sites is 2. The van der Waals surface area contributed by atoms with Gasteiger partial charge in [0.25, 0.3) is 5.91 Å². The van der Waals surface area contributed by atoms with Crippen LogP contribution in [-0.4, -0.2) is 30.6 Å². The number of hydrogen-bond acceptors (Lipinski definition) is 4. The van der Waals surface area contributed by atoms with Crippen molar-refractivity contribution < 1.29 is 9.53 Å². The topological polar surface area (TPSA) is 83.2 Å². The molecule has 0 spiro atoms. The highest BCUT2D eigenvalue weighted by molar-refractivity contribution is 6.13. The molecule has 6 nitrogen and oxygen atoms in total. The van der Waals surface area contributed by atoms with Crippen molar-refractivity contribution in [1.82, 2.24) is 10.3 Å². The van der Waals surface area contributed by atoms with Crippen LogP contribution in [0.15, 0.2) is 95.8 Å². The number of carbonyl (C=O) groups is 1. The minimum absolute atomic E-state index is 0.0925. The van der Waals surface area contributed by atoms with Crippen molar-refractivity contribution in [3.63, 3.8) is 0 Å². The Morgan fingerprint density at radius 3 is 2.41 bits per heavy atom. The number of aryl methyl sites for hydroxylation is 1. The number of pyridine rings is 1. The van der Waals surface area contributed by atoms with Gasteiger partial charge in [-0.3, -0.25) is 9.59 Å². The Bertz CT molecular complexity index is 1590. The number of fused-ring (bicyclic) bond motifs is 2. The Morgan fingerprint density at radius 2 is 1.59 bits per heavy atom. The van der Waals surface area contributed by atoms with Gasteiger partial charge in [-0.15, -0.1) is 0 Å². The average Bonchev–Trinajstić information content (AvgIpc) is 2.92. The van der Waals surface area contributed by atoms with Crippen LogP contribution in [0.3, 0.4) is 0 Å². The van der Waals surface area contributed by atoms with Crippen molar-refractivity contribution in [3.8, 4) is 5.75 Å². The number of aromatic nitrogens is 1. The van der Waals surface area contributed by atoms with Gasteiger partial charge < -0.3 is 20.4 Å². The number of benzene rings is 4. The lowest BCUT2D eigenvalue weighted by Crippen LogP contribution is -2.23. The summed E-state index contributed by atoms with van der Waals surface area (Å²) in [5, 5.41) is 7.41. The summed E-state index contributed by atoms with van der Waals surface area (Å²) in [6, 6.07) is 28.4. The average molecular weight is 492 g/mol. The predicted molar refractivity (Wildman–Crippen MR) is 150 cm³/mol. The van der Waals surface area contributed by atoms with Crippen molar-refractivity contribution >= 4 is 33.4 Å². The van der Waals surface area contributed by atoms with Crippen LogP contribution in [0.2, 0.25) is 0 Å². The lowest BCUT2D eigenvalue weighted by molar-refractivity contribution is 0.102. The van der Waals surface area contributed by atoms with Crippen LogP contribution in [0.5, 0.6) is 5.75 Å². The van der Waals surface area contributed by atoms with Gasteiger partial charge in [-0.25, -0.2) is 0 Å². The smallest absolute Gasteiger partial charge is 0.257 e. The number of anilines is 1. The van der Waals surface area contributed by atoms with Crippen LogP contribution < -0.4 is 20.8 Å². The third kappa shape index (κ3) is 5.71. The van der Waals surface area contributed by atoms with Gasteiger partial charge >= 0.3 is 0 Å². The molecule has 0 fully saturated rings. The third-order valence-electron chi connectivity index (χ3n) is 6.36. The van der Waals surface area contributed by atoms with Crippen LogP contribution in [0.25, 0.3) is 21.8 Å². The number of hydrogen-bond donors (Lipinski definition) is 3. The van der Waals surface area contributed by atoms with E-state index in [4.69, 9.17) is 4.74 Å². The zero-order chi connectivity index (χ0) is 25.6. The maximum absolute atomic E-state index is 13.1. The monoisotopic (exact) mass is 491 g/mol. The number of nitrogens with one attached hydrogen (secondary N) is 3. The third-order valence-corrected chi connectivity index (χ3v) is 6.36. The Balaban J connectivity index is 1.16. The molecule has 6 heteroatoms. The van der Waals surface area contributed by atoms with E-state index in [2.05, 4.69) is 46.8 Å². The molecule has 5 rings (SSSR count). The molecular formula is C31H29N3O3. The molecule has 1 aromatic heterocycles. The maximum Gasteiger partial charge on any atom is 0.257 e. The fraction of sp³-hybridized carbons (Fsp3) is 0.161. The van der Waals surface area contributed by atoms with Crippen molar-refractivity contribution in [2.75, 3.05) is 25.0 Å². The van der Waals surface area contributed by atoms with E-state index in [0.717, 1.165) is 25.3 Å². The maximum atomic E-state index is 13.1. The molecular weight excluding hydrogens is 462 g/mol. The standard InChI is InChI=1S/C31H29N3O3/c1-21-9-11-22(12-10-21)17-18-32-19-20-37-24-15-13-23(14-16-24)33-31(36)27-7-4-6-26-29(27)34-28-8-3-2-5-25(28)30(26)35/h2-16,32H,17-20H2,1H3,(H,33,36)(H,34,35). The number of rotatable bonds is 9. The fourth-order valence-electron chi connectivity index (χ4n) is 4.32. The Labute approximate surface area is 215 Å². The number of aromatic amines is 1. The summed E-state index contributed by atoms with van der Waals surface area (Å²) >= 11 is 0. The summed E-state index contributed by atoms with van der Waals surface area (Å²) in [6.07, 6.45) is 0.982. The minimum Gasteiger partial charge on any atom is -0.492 e. The lowest BCUT2D eigenvalue weighted by Gasteiger charge is -2.11. The molecule has 0 aliphatic heterocycles. The van der Waals surface area contributed by atoms with Gasteiger partial charge in [0.15, 0.2) is 5.43 Å². The zero-order valence-corrected chi connectivity index (χ0v) is 20.7. The molecule has 0 atom stereocenters. The minimum atomic E-state index is -0.289. The Kier molecular flexibility index (Phi) is 7.28. The molecule has 3 N–H and O–H groups in total. The second kappa shape index (κ2) is 11.1. The largest absolute Gasteiger partial charge is 0.492 e. The van der Waals surface area contributed by atoms with Gasteiger partial charge in [-0.2, -0.15) is 0 Å². The highest BCUT2D eigenvalue weighted by atomic mass is 16.5. The molecule has 0 aliphatic carbocycles. The number of amides is 1. The van der Waals surface area contributed by atoms with E-state index in [1.807, 2.05) is 30.3 Å². The first-order valence-corrected chi connectivity index (χ1v) is 12.4. The van der Waals surface area contributed by atoms with Gasteiger partial charge in [-0.05, 0) is 74.0 Å². The molecule has 0 radical (unpaired) electrons. The van der Waals surface area contributed by atoms with E-state index >= 15 is 0 Å². The SMILES string of the molecule is Cc1ccc(CCNCCOc2ccc(NC(=O)c3cccc4c(=O)c5ccccc5[nH]c34)cc2)cc1. The van der Waals surface area contributed by atoms with Crippen LogP contribution in [0, 0.1) is 6.92 Å². The second-order valence-electron chi connectivity index (χ2n) is 9.04. The molecule has 1 amide bonds. The first kappa shape index (κ1) is 24.3. The summed E-state index contributed by atoms with van der Waals surface area (Å²) in [4.78, 5) is 29.2. The predicted octanol–water partition coefficient (Wildman–Crippen LogP) is 5.45. The fourth-order valence-corrected chi connectivity index (χ4v) is 4.32. The highest BCUT2D eigenvalue weighted by Gasteiger charge is 2.14. The van der Waals surface area contributed by atoms with Gasteiger partial charge in [0.2, 0.25) is 0 Å². The van der Waals surface area contributed by atoms with E-state index in [1.165, 1.54) is 11.1 Å². The van der Waals surface area contributed by atoms with E-state index in [0.29, 0.717) is 39.7 Å². The number of H-pyrrole nitrogens is 1. The van der Waals surface area contributed by atoms with Crippen LogP contribution >= 0.6 is 0 Å². The zero-order valence-electron chi connectivity index (χ0n) is 20.7. The number of carbonyl (C=O) groups excluding carboxylic acids is 1. The summed E-state index contributed by atoms with van der Waals surface area (Å²) < 4.78 is 5.82. The molecule has 0 unspecified atom stereocenters. The molecule has 0 saturated heterocycles. The van der Waals surface area contributed by atoms with Crippen molar-refractivity contribution in [3.05, 3.63) is 118 Å². The second-order valence-corrected chi connectivity index (χ2v) is 9.04. The van der Waals surface area contributed by atoms with Gasteiger partial charge in [-0.1, -0.05) is 48.0 Å². The lowest BCUT2D eigenvalue weighted by atomic mass is 10.1. The summed E-state index contributed by atoms with van der Waals surface area (Å²) in [6.45, 7) is 4.29. The van der Waals surface area contributed by atoms with E-state index < -0.39 is 0 Å². The normalized spacial score (nSPS) is 11.1. The molecule has 0 bridgehead atoms. The number of ether oxygens (including phenoxy) is 1. The van der Waals surface area contributed by atoms with Crippen LogP contribution in [0.4, 0.5) is 5.69 Å². The molecule has 186 valence electrons. The van der Waals surface area contributed by atoms with E-state index in [-0.39, 0.29) is 11.3 Å². The first-order valence-electron chi connectivity index (χ1n) is 12.4. The van der Waals surface area contributed by atoms with Crippen LogP contribution in [0.1, 0.15) is 21.5 Å². The van der Waals surface area contributed by atoms with Crippen molar-refractivity contribution in [1.29, 1.82) is 0 Å². The summed E-state index contributed by atoms with van der Waals surface area (Å²) in [5.74, 6) is 0.447. The molecule has 0 aliphatic rings. The highest BCUT2D eigenvalue weighted by Crippen LogP contribution is 2.21. The van der Waals surface area contributed by atoms with Gasteiger partial charge in [0.05, 0.1) is 11.1 Å². The van der Waals surface area contributed by atoms with E-state index in [1.54, 1.807) is 36.4 Å². The summed E-state index contributed by atoms with van der Waals surface area (Å²) in [7, 11) is 0. The summed E-state index contributed by atoms with van der Waals surface area (Å²) in [5.41, 5.74) is 4.79. The van der Waals surface area contributed by atoms with Crippen molar-refractivity contribution in [2.45, 2.75) is 13.3 Å². The van der Waals surface area contributed by atoms with Crippen molar-refractivity contribution in [2.24, 2.45) is 0 Å². The Hall–Kier alpha value is -4.42. The quantitative estimate of drug-likeness (QED) is 0.189.